The zero-order valence-corrected chi connectivity index (χ0v) is 22.4. The van der Waals surface area contributed by atoms with Gasteiger partial charge in [-0.3, -0.25) is 4.79 Å². The summed E-state index contributed by atoms with van der Waals surface area (Å²) in [6, 6.07) is 16.4. The summed E-state index contributed by atoms with van der Waals surface area (Å²) in [7, 11) is 3.20. The minimum atomic E-state index is -0.151. The topological polar surface area (TPSA) is 66.0 Å². The normalized spacial score (nSPS) is 12.0. The van der Waals surface area contributed by atoms with Crippen molar-refractivity contribution in [3.05, 3.63) is 76.3 Å². The molecular weight excluding hydrogens is 465 g/mol. The van der Waals surface area contributed by atoms with Gasteiger partial charge in [-0.05, 0) is 72.9 Å². The number of rotatable bonds is 8. The van der Waals surface area contributed by atoms with Crippen molar-refractivity contribution in [2.45, 2.75) is 19.3 Å². The van der Waals surface area contributed by atoms with Gasteiger partial charge in [0.1, 0.15) is 17.2 Å². The van der Waals surface area contributed by atoms with E-state index < -0.39 is 0 Å². The third-order valence-electron chi connectivity index (χ3n) is 5.45. The largest absolute Gasteiger partial charge is 0.493 e. The predicted molar refractivity (Wildman–Crippen MR) is 133 cm³/mol. The van der Waals surface area contributed by atoms with Crippen molar-refractivity contribution in [1.82, 2.24) is 5.32 Å². The maximum atomic E-state index is 12.5. The molecule has 1 aliphatic rings. The van der Waals surface area contributed by atoms with E-state index in [1.807, 2.05) is 30.3 Å². The molecule has 3 aromatic rings. The average molecular weight is 491 g/mol. The summed E-state index contributed by atoms with van der Waals surface area (Å²) in [4.78, 5) is 12.5. The molecule has 0 aliphatic carbocycles. The molecular formula is C26H26ClNNaO5. The van der Waals surface area contributed by atoms with Crippen LogP contribution in [0.15, 0.2) is 54.6 Å². The van der Waals surface area contributed by atoms with Gasteiger partial charge in [-0.25, -0.2) is 0 Å². The van der Waals surface area contributed by atoms with E-state index in [4.69, 9.17) is 30.5 Å². The Morgan fingerprint density at radius 1 is 1.00 bits per heavy atom. The van der Waals surface area contributed by atoms with Crippen LogP contribution < -0.4 is 24.3 Å². The number of amides is 1. The second-order valence-electron chi connectivity index (χ2n) is 7.66. The van der Waals surface area contributed by atoms with Crippen LogP contribution in [0.5, 0.6) is 28.7 Å². The Bertz CT molecular complexity index is 1140. The van der Waals surface area contributed by atoms with Gasteiger partial charge >= 0.3 is 0 Å². The monoisotopic (exact) mass is 490 g/mol. The van der Waals surface area contributed by atoms with Crippen molar-refractivity contribution in [3.8, 4) is 28.7 Å². The molecule has 1 amide bonds. The Hall–Kier alpha value is -2.38. The number of carbonyl (C=O) groups is 1. The molecule has 0 unspecified atom stereocenters. The van der Waals surface area contributed by atoms with Gasteiger partial charge in [-0.15, -0.1) is 0 Å². The fraction of sp³-hybridized carbons (Fsp3) is 0.269. The number of halogens is 1. The van der Waals surface area contributed by atoms with Crippen molar-refractivity contribution in [2.24, 2.45) is 0 Å². The zero-order chi connectivity index (χ0) is 23.2. The quantitative estimate of drug-likeness (QED) is 0.447. The first kappa shape index (κ1) is 26.2. The van der Waals surface area contributed by atoms with Crippen LogP contribution in [0.4, 0.5) is 0 Å². The first-order valence-corrected chi connectivity index (χ1v) is 11.2. The second kappa shape index (κ2) is 12.4. The number of nitrogens with one attached hydrogen (secondary N) is 1. The molecule has 0 fully saturated rings. The summed E-state index contributed by atoms with van der Waals surface area (Å²) in [5.41, 5.74) is 2.69. The number of hydrogen-bond donors (Lipinski definition) is 1. The number of hydrogen-bond acceptors (Lipinski definition) is 5. The summed E-state index contributed by atoms with van der Waals surface area (Å²) in [5, 5.41) is 3.47. The number of benzene rings is 3. The van der Waals surface area contributed by atoms with Crippen molar-refractivity contribution in [1.29, 1.82) is 0 Å². The van der Waals surface area contributed by atoms with E-state index in [2.05, 4.69) is 5.32 Å². The van der Waals surface area contributed by atoms with Crippen LogP contribution in [0.2, 0.25) is 5.02 Å². The van der Waals surface area contributed by atoms with Crippen LogP contribution >= 0.6 is 11.6 Å². The van der Waals surface area contributed by atoms with Gasteiger partial charge in [0.25, 0.3) is 5.91 Å². The Labute approximate surface area is 226 Å². The summed E-state index contributed by atoms with van der Waals surface area (Å²) in [6.07, 6.45) is 2.61. The third kappa shape index (κ3) is 6.39. The van der Waals surface area contributed by atoms with Crippen LogP contribution in [-0.2, 0) is 12.8 Å². The van der Waals surface area contributed by atoms with Gasteiger partial charge in [-0.1, -0.05) is 17.7 Å². The Kier molecular flexibility index (Phi) is 9.54. The molecule has 0 saturated carbocycles. The Balaban J connectivity index is 0.00000324. The van der Waals surface area contributed by atoms with Gasteiger partial charge in [0.05, 0.1) is 25.8 Å². The van der Waals surface area contributed by atoms with Crippen LogP contribution in [-0.4, -0.2) is 62.8 Å². The van der Waals surface area contributed by atoms with Crippen molar-refractivity contribution < 1.29 is 23.7 Å². The van der Waals surface area contributed by atoms with Gasteiger partial charge in [-0.2, -0.15) is 0 Å². The van der Waals surface area contributed by atoms with Crippen molar-refractivity contribution in [2.75, 3.05) is 27.4 Å². The van der Waals surface area contributed by atoms with Gasteiger partial charge < -0.3 is 24.3 Å². The summed E-state index contributed by atoms with van der Waals surface area (Å²) < 4.78 is 22.2. The number of aryl methyl sites for hydroxylation is 1. The third-order valence-corrected chi connectivity index (χ3v) is 5.75. The van der Waals surface area contributed by atoms with Gasteiger partial charge in [0, 0.05) is 47.7 Å². The number of ether oxygens (including phenoxy) is 4. The minimum Gasteiger partial charge on any atom is -0.493 e. The number of fused-ring (bicyclic) bond motifs is 1. The molecule has 0 bridgehead atoms. The van der Waals surface area contributed by atoms with Crippen LogP contribution in [0, 0.1) is 0 Å². The maximum Gasteiger partial charge on any atom is 0.251 e. The fourth-order valence-electron chi connectivity index (χ4n) is 3.69. The molecule has 0 saturated heterocycles. The number of methoxy groups -OCH3 is 2. The average Bonchev–Trinajstić information content (AvgIpc) is 2.84. The van der Waals surface area contributed by atoms with E-state index >= 15 is 0 Å². The molecule has 34 heavy (non-hydrogen) atoms. The molecule has 3 aromatic carbocycles. The molecule has 0 spiro atoms. The molecule has 1 heterocycles. The molecule has 173 valence electrons. The first-order chi connectivity index (χ1) is 16.1. The molecule has 0 atom stereocenters. The second-order valence-corrected chi connectivity index (χ2v) is 8.07. The van der Waals surface area contributed by atoms with E-state index in [0.717, 1.165) is 29.7 Å². The predicted octanol–water partition coefficient (Wildman–Crippen LogP) is 5.07. The number of carbonyl (C=O) groups excluding carboxylic acids is 1. The fourth-order valence-corrected chi connectivity index (χ4v) is 3.91. The van der Waals surface area contributed by atoms with E-state index in [9.17, 15) is 4.79 Å². The Morgan fingerprint density at radius 3 is 2.50 bits per heavy atom. The molecule has 1 aliphatic heterocycles. The molecule has 4 rings (SSSR count). The summed E-state index contributed by atoms with van der Waals surface area (Å²) in [6.45, 7) is 1.20. The van der Waals surface area contributed by atoms with Gasteiger partial charge in [0.15, 0.2) is 11.5 Å². The minimum absolute atomic E-state index is 0. The van der Waals surface area contributed by atoms with Crippen molar-refractivity contribution in [3.63, 3.8) is 0 Å². The standard InChI is InChI=1S/C26H26ClNO5.Na/c1-30-22-10-5-17(14-25(22)31-2)11-12-28-26(29)18-6-8-20(9-7-18)33-24-16-23-19(15-21(24)27)4-3-13-32-23;/h5-10,14-16H,3-4,11-13H2,1-2H3,(H,28,29);. The summed E-state index contributed by atoms with van der Waals surface area (Å²) >= 11 is 6.38. The zero-order valence-electron chi connectivity index (χ0n) is 19.7. The van der Waals surface area contributed by atoms with Crippen LogP contribution in [0.3, 0.4) is 0 Å². The van der Waals surface area contributed by atoms with E-state index in [-0.39, 0.29) is 35.5 Å². The molecule has 1 radical (unpaired) electrons. The van der Waals surface area contributed by atoms with Gasteiger partial charge in [0.2, 0.25) is 0 Å². The van der Waals surface area contributed by atoms with E-state index in [1.54, 1.807) is 38.5 Å². The van der Waals surface area contributed by atoms with E-state index in [1.165, 1.54) is 0 Å². The first-order valence-electron chi connectivity index (χ1n) is 10.8. The maximum absolute atomic E-state index is 12.5. The molecule has 0 aromatic heterocycles. The molecule has 1 N–H and O–H groups in total. The van der Waals surface area contributed by atoms with Crippen LogP contribution in [0.25, 0.3) is 0 Å². The van der Waals surface area contributed by atoms with Crippen LogP contribution in [0.1, 0.15) is 27.9 Å². The van der Waals surface area contributed by atoms with Crippen molar-refractivity contribution >= 4 is 47.1 Å². The SMILES string of the molecule is COc1ccc(CCNC(=O)c2ccc(Oc3cc4c(cc3Cl)CCCO4)cc2)cc1OC.[Na]. The summed E-state index contributed by atoms with van der Waals surface area (Å²) in [5.74, 6) is 3.13. The molecule has 8 heteroatoms. The smallest absolute Gasteiger partial charge is 0.251 e. The van der Waals surface area contributed by atoms with E-state index in [0.29, 0.717) is 53.2 Å². The Morgan fingerprint density at radius 2 is 1.76 bits per heavy atom. The molecule has 6 nitrogen and oxygen atoms in total.